The van der Waals surface area contributed by atoms with E-state index in [9.17, 15) is 4.79 Å². The van der Waals surface area contributed by atoms with Gasteiger partial charge in [-0.1, -0.05) is 24.3 Å². The minimum Gasteiger partial charge on any atom is -0.378 e. The van der Waals surface area contributed by atoms with Gasteiger partial charge in [0.05, 0.1) is 6.10 Å². The van der Waals surface area contributed by atoms with E-state index in [1.54, 1.807) is 0 Å². The largest absolute Gasteiger partial charge is 0.378 e. The van der Waals surface area contributed by atoms with E-state index >= 15 is 0 Å². The van der Waals surface area contributed by atoms with Gasteiger partial charge in [0.25, 0.3) is 0 Å². The smallest absolute Gasteiger partial charge is 0.226 e. The normalized spacial score (nSPS) is 28.8. The third kappa shape index (κ3) is 3.22. The van der Waals surface area contributed by atoms with E-state index in [0.717, 1.165) is 45.4 Å². The molecule has 1 heterocycles. The molecule has 1 spiro atoms. The molecule has 3 aliphatic rings. The number of carbonyl (C=O) groups excluding carboxylic acids is 1. The molecule has 1 aromatic rings. The Morgan fingerprint density at radius 2 is 2.08 bits per heavy atom. The Balaban J connectivity index is 1.35. The van der Waals surface area contributed by atoms with Crippen LogP contribution in [0.5, 0.6) is 0 Å². The Morgan fingerprint density at radius 1 is 1.28 bits per heavy atom. The van der Waals surface area contributed by atoms with Crippen molar-refractivity contribution in [2.45, 2.75) is 56.5 Å². The molecule has 2 N–H and O–H groups in total. The fourth-order valence-electron chi connectivity index (χ4n) is 4.95. The third-order valence-corrected chi connectivity index (χ3v) is 6.45. The second-order valence-electron chi connectivity index (χ2n) is 7.96. The van der Waals surface area contributed by atoms with Gasteiger partial charge in [-0.25, -0.2) is 0 Å². The van der Waals surface area contributed by atoms with Crippen LogP contribution >= 0.6 is 0 Å². The molecule has 2 atom stereocenters. The number of aryl methyl sites for hydroxylation is 1. The highest BCUT2D eigenvalue weighted by molar-refractivity contribution is 5.85. The first kappa shape index (κ1) is 17.0. The Bertz CT molecular complexity index is 624. The summed E-state index contributed by atoms with van der Waals surface area (Å²) >= 11 is 0. The summed E-state index contributed by atoms with van der Waals surface area (Å²) in [7, 11) is 0. The molecule has 0 aromatic heterocycles. The predicted octanol–water partition coefficient (Wildman–Crippen LogP) is 2.64. The van der Waals surface area contributed by atoms with Gasteiger partial charge in [0, 0.05) is 31.0 Å². The molecule has 2 unspecified atom stereocenters. The summed E-state index contributed by atoms with van der Waals surface area (Å²) in [5.41, 5.74) is 8.59. The standard InChI is InChI=1S/C21H30N2O2/c22-11-4-14-25-17-8-12-23(13-9-17)20(24)19-15-21(19)10-3-6-16-5-1-2-7-18(16)21/h1-2,5,7,17,19H,3-4,6,8-15,22H2. The average molecular weight is 342 g/mol. The van der Waals surface area contributed by atoms with Crippen LogP contribution < -0.4 is 5.73 Å². The van der Waals surface area contributed by atoms with E-state index in [0.29, 0.717) is 18.6 Å². The molecule has 2 aliphatic carbocycles. The molecule has 1 amide bonds. The van der Waals surface area contributed by atoms with E-state index in [2.05, 4.69) is 29.2 Å². The number of rotatable bonds is 5. The maximum absolute atomic E-state index is 13.1. The van der Waals surface area contributed by atoms with E-state index in [1.807, 2.05) is 0 Å². The highest BCUT2D eigenvalue weighted by Gasteiger charge is 2.60. The molecule has 1 aliphatic heterocycles. The maximum Gasteiger partial charge on any atom is 0.226 e. The Hall–Kier alpha value is -1.39. The van der Waals surface area contributed by atoms with Gasteiger partial charge in [-0.2, -0.15) is 0 Å². The molecule has 4 heteroatoms. The minimum atomic E-state index is 0.153. The number of ether oxygens (including phenoxy) is 1. The summed E-state index contributed by atoms with van der Waals surface area (Å²) in [4.78, 5) is 15.2. The fourth-order valence-corrected chi connectivity index (χ4v) is 4.95. The second kappa shape index (κ2) is 7.08. The molecule has 25 heavy (non-hydrogen) atoms. The molecular weight excluding hydrogens is 312 g/mol. The molecule has 2 fully saturated rings. The quantitative estimate of drug-likeness (QED) is 0.837. The van der Waals surface area contributed by atoms with Gasteiger partial charge in [0.2, 0.25) is 5.91 Å². The van der Waals surface area contributed by atoms with Crippen molar-refractivity contribution in [1.82, 2.24) is 4.90 Å². The first-order valence-corrected chi connectivity index (χ1v) is 9.93. The van der Waals surface area contributed by atoms with Gasteiger partial charge in [-0.15, -0.1) is 0 Å². The van der Waals surface area contributed by atoms with E-state index in [1.165, 1.54) is 30.4 Å². The number of nitrogens with two attached hydrogens (primary N) is 1. The summed E-state index contributed by atoms with van der Waals surface area (Å²) in [5, 5.41) is 0. The fraction of sp³-hybridized carbons (Fsp3) is 0.667. The lowest BCUT2D eigenvalue weighted by Crippen LogP contribution is -2.43. The zero-order valence-electron chi connectivity index (χ0n) is 15.1. The van der Waals surface area contributed by atoms with Crippen molar-refractivity contribution >= 4 is 5.91 Å². The van der Waals surface area contributed by atoms with Crippen LogP contribution in [0.4, 0.5) is 0 Å². The third-order valence-electron chi connectivity index (χ3n) is 6.45. The van der Waals surface area contributed by atoms with Gasteiger partial charge >= 0.3 is 0 Å². The predicted molar refractivity (Wildman–Crippen MR) is 98.4 cm³/mol. The van der Waals surface area contributed by atoms with Gasteiger partial charge in [-0.05, 0) is 62.6 Å². The molecule has 4 nitrogen and oxygen atoms in total. The van der Waals surface area contributed by atoms with Crippen molar-refractivity contribution in [3.8, 4) is 0 Å². The molecule has 1 aromatic carbocycles. The summed E-state index contributed by atoms with van der Waals surface area (Å²) in [6.07, 6.45) is 7.78. The van der Waals surface area contributed by atoms with Crippen LogP contribution in [0.2, 0.25) is 0 Å². The first-order chi connectivity index (χ1) is 12.2. The second-order valence-corrected chi connectivity index (χ2v) is 7.96. The zero-order chi connectivity index (χ0) is 17.3. The Kier molecular flexibility index (Phi) is 4.83. The summed E-state index contributed by atoms with van der Waals surface area (Å²) in [6, 6.07) is 8.78. The number of benzene rings is 1. The number of amides is 1. The number of hydrogen-bond acceptors (Lipinski definition) is 3. The molecule has 136 valence electrons. The lowest BCUT2D eigenvalue weighted by Gasteiger charge is -2.33. The van der Waals surface area contributed by atoms with Crippen molar-refractivity contribution < 1.29 is 9.53 Å². The number of piperidine rings is 1. The molecule has 0 bridgehead atoms. The number of nitrogens with zero attached hydrogens (tertiary/aromatic N) is 1. The lowest BCUT2D eigenvalue weighted by atomic mass is 9.78. The lowest BCUT2D eigenvalue weighted by molar-refractivity contribution is -0.135. The van der Waals surface area contributed by atoms with Crippen molar-refractivity contribution in [3.05, 3.63) is 35.4 Å². The SMILES string of the molecule is NCCCOC1CCN(C(=O)C2CC23CCCc2ccccc23)CC1. The number of likely N-dealkylation sites (tertiary alicyclic amines) is 1. The highest BCUT2D eigenvalue weighted by Crippen LogP contribution is 2.60. The van der Waals surface area contributed by atoms with Crippen molar-refractivity contribution in [2.75, 3.05) is 26.2 Å². The van der Waals surface area contributed by atoms with E-state index < -0.39 is 0 Å². The van der Waals surface area contributed by atoms with Gasteiger partial charge in [0.1, 0.15) is 0 Å². The topological polar surface area (TPSA) is 55.6 Å². The Labute approximate surface area is 150 Å². The van der Waals surface area contributed by atoms with E-state index in [-0.39, 0.29) is 11.3 Å². The monoisotopic (exact) mass is 342 g/mol. The molecule has 1 saturated heterocycles. The van der Waals surface area contributed by atoms with Crippen molar-refractivity contribution in [3.63, 3.8) is 0 Å². The molecule has 4 rings (SSSR count). The maximum atomic E-state index is 13.1. The molecule has 1 saturated carbocycles. The van der Waals surface area contributed by atoms with Gasteiger partial charge in [-0.3, -0.25) is 4.79 Å². The van der Waals surface area contributed by atoms with Crippen LogP contribution in [-0.2, 0) is 21.4 Å². The molecule has 0 radical (unpaired) electrons. The van der Waals surface area contributed by atoms with Gasteiger partial charge in [0.15, 0.2) is 0 Å². The van der Waals surface area contributed by atoms with Crippen LogP contribution in [0.15, 0.2) is 24.3 Å². The minimum absolute atomic E-state index is 0.153. The van der Waals surface area contributed by atoms with Crippen LogP contribution in [-0.4, -0.2) is 43.2 Å². The number of carbonyl (C=O) groups is 1. The summed E-state index contributed by atoms with van der Waals surface area (Å²) < 4.78 is 5.87. The van der Waals surface area contributed by atoms with Crippen LogP contribution in [0.25, 0.3) is 0 Å². The zero-order valence-corrected chi connectivity index (χ0v) is 15.1. The van der Waals surface area contributed by atoms with E-state index in [4.69, 9.17) is 10.5 Å². The van der Waals surface area contributed by atoms with Crippen molar-refractivity contribution in [2.24, 2.45) is 11.7 Å². The average Bonchev–Trinajstić information content (AvgIpc) is 3.37. The van der Waals surface area contributed by atoms with Crippen LogP contribution in [0.1, 0.15) is 49.7 Å². The van der Waals surface area contributed by atoms with Crippen LogP contribution in [0.3, 0.4) is 0 Å². The van der Waals surface area contributed by atoms with Crippen molar-refractivity contribution in [1.29, 1.82) is 0 Å². The Morgan fingerprint density at radius 3 is 2.88 bits per heavy atom. The first-order valence-electron chi connectivity index (χ1n) is 9.93. The summed E-state index contributed by atoms with van der Waals surface area (Å²) in [6.45, 7) is 3.13. The van der Waals surface area contributed by atoms with Crippen LogP contribution in [0, 0.1) is 5.92 Å². The highest BCUT2D eigenvalue weighted by atomic mass is 16.5. The van der Waals surface area contributed by atoms with Gasteiger partial charge < -0.3 is 15.4 Å². The number of fused-ring (bicyclic) bond motifs is 2. The molecular formula is C21H30N2O2. The summed E-state index contributed by atoms with van der Waals surface area (Å²) in [5.74, 6) is 0.598. The number of hydrogen-bond donors (Lipinski definition) is 1.